The first-order valence-corrected chi connectivity index (χ1v) is 6.93. The fraction of sp³-hybridized carbons (Fsp3) is 0.353. The molecular weight excluding hydrogens is 264 g/mol. The van der Waals surface area contributed by atoms with Crippen LogP contribution in [-0.4, -0.2) is 26.3 Å². The van der Waals surface area contributed by atoms with E-state index in [-0.39, 0.29) is 6.04 Å². The van der Waals surface area contributed by atoms with Crippen molar-refractivity contribution in [1.82, 2.24) is 10.3 Å². The Bertz CT molecular complexity index is 626. The first-order valence-electron chi connectivity index (χ1n) is 6.93. The number of ether oxygens (including phenoxy) is 2. The van der Waals surface area contributed by atoms with Gasteiger partial charge < -0.3 is 14.8 Å². The average Bonchev–Trinajstić information content (AvgIpc) is 2.51. The van der Waals surface area contributed by atoms with Crippen molar-refractivity contribution < 1.29 is 9.47 Å². The van der Waals surface area contributed by atoms with Gasteiger partial charge in [0, 0.05) is 11.8 Å². The van der Waals surface area contributed by atoms with E-state index in [1.165, 1.54) is 11.1 Å². The van der Waals surface area contributed by atoms with Crippen molar-refractivity contribution in [2.45, 2.75) is 19.9 Å². The summed E-state index contributed by atoms with van der Waals surface area (Å²) < 4.78 is 10.8. The Kier molecular flexibility index (Phi) is 4.81. The van der Waals surface area contributed by atoms with Crippen LogP contribution in [0.3, 0.4) is 0 Å². The molecular formula is C17H22N2O2. The second kappa shape index (κ2) is 6.59. The number of methoxy groups -OCH3 is 2. The van der Waals surface area contributed by atoms with Gasteiger partial charge in [0.2, 0.25) is 5.88 Å². The van der Waals surface area contributed by atoms with Gasteiger partial charge in [0.25, 0.3) is 0 Å². The second-order valence-electron chi connectivity index (χ2n) is 5.00. The highest BCUT2D eigenvalue weighted by atomic mass is 16.5. The Hall–Kier alpha value is -2.07. The predicted molar refractivity (Wildman–Crippen MR) is 84.2 cm³/mol. The molecule has 1 heterocycles. The highest BCUT2D eigenvalue weighted by Crippen LogP contribution is 2.33. The third-order valence-electron chi connectivity index (χ3n) is 3.69. The smallest absolute Gasteiger partial charge is 0.218 e. The SMILES string of the molecule is CNC(c1cc(C)c(OC)cc1C)c1cccnc1OC. The van der Waals surface area contributed by atoms with Crippen LogP contribution in [0.1, 0.15) is 28.3 Å². The molecule has 0 radical (unpaired) electrons. The van der Waals surface area contributed by atoms with E-state index in [0.717, 1.165) is 16.9 Å². The van der Waals surface area contributed by atoms with Crippen molar-refractivity contribution in [1.29, 1.82) is 0 Å². The van der Waals surface area contributed by atoms with Gasteiger partial charge in [-0.2, -0.15) is 0 Å². The van der Waals surface area contributed by atoms with Crippen LogP contribution in [0.4, 0.5) is 0 Å². The second-order valence-corrected chi connectivity index (χ2v) is 5.00. The molecule has 4 heteroatoms. The Morgan fingerprint density at radius 3 is 2.43 bits per heavy atom. The van der Waals surface area contributed by atoms with Gasteiger partial charge in [-0.05, 0) is 49.7 Å². The van der Waals surface area contributed by atoms with Crippen LogP contribution >= 0.6 is 0 Å². The summed E-state index contributed by atoms with van der Waals surface area (Å²) in [5.74, 6) is 1.55. The lowest BCUT2D eigenvalue weighted by molar-refractivity contribution is 0.388. The van der Waals surface area contributed by atoms with Crippen molar-refractivity contribution in [3.63, 3.8) is 0 Å². The van der Waals surface area contributed by atoms with Gasteiger partial charge in [-0.15, -0.1) is 0 Å². The van der Waals surface area contributed by atoms with Gasteiger partial charge >= 0.3 is 0 Å². The zero-order valence-corrected chi connectivity index (χ0v) is 13.2. The zero-order chi connectivity index (χ0) is 15.4. The van der Waals surface area contributed by atoms with Crippen LogP contribution in [0, 0.1) is 13.8 Å². The fourth-order valence-corrected chi connectivity index (χ4v) is 2.61. The van der Waals surface area contributed by atoms with Gasteiger partial charge in [-0.3, -0.25) is 0 Å². The molecule has 2 aromatic rings. The van der Waals surface area contributed by atoms with Crippen molar-refractivity contribution in [2.24, 2.45) is 0 Å². The highest BCUT2D eigenvalue weighted by Gasteiger charge is 2.20. The molecule has 0 bridgehead atoms. The molecule has 0 spiro atoms. The quantitative estimate of drug-likeness (QED) is 0.917. The molecule has 4 nitrogen and oxygen atoms in total. The molecule has 21 heavy (non-hydrogen) atoms. The molecule has 0 aliphatic heterocycles. The third kappa shape index (κ3) is 3.00. The molecule has 1 aromatic carbocycles. The largest absolute Gasteiger partial charge is 0.496 e. The molecule has 0 saturated carbocycles. The number of pyridine rings is 1. The Morgan fingerprint density at radius 2 is 1.81 bits per heavy atom. The molecule has 1 unspecified atom stereocenters. The number of hydrogen-bond acceptors (Lipinski definition) is 4. The van der Waals surface area contributed by atoms with E-state index in [0.29, 0.717) is 5.88 Å². The summed E-state index contributed by atoms with van der Waals surface area (Å²) in [6, 6.07) is 8.21. The maximum Gasteiger partial charge on any atom is 0.218 e. The molecule has 0 aliphatic rings. The van der Waals surface area contributed by atoms with Crippen molar-refractivity contribution >= 4 is 0 Å². The summed E-state index contributed by atoms with van der Waals surface area (Å²) in [6.45, 7) is 4.14. The minimum atomic E-state index is 0.0262. The summed E-state index contributed by atoms with van der Waals surface area (Å²) in [6.07, 6.45) is 1.74. The lowest BCUT2D eigenvalue weighted by Gasteiger charge is -2.22. The van der Waals surface area contributed by atoms with Crippen LogP contribution in [0.2, 0.25) is 0 Å². The Morgan fingerprint density at radius 1 is 1.05 bits per heavy atom. The van der Waals surface area contributed by atoms with Gasteiger partial charge in [-0.1, -0.05) is 12.1 Å². The lowest BCUT2D eigenvalue weighted by atomic mass is 9.93. The molecule has 0 saturated heterocycles. The maximum absolute atomic E-state index is 5.39. The Labute approximate surface area is 126 Å². The highest BCUT2D eigenvalue weighted by molar-refractivity contribution is 5.47. The van der Waals surface area contributed by atoms with E-state index >= 15 is 0 Å². The van der Waals surface area contributed by atoms with E-state index in [9.17, 15) is 0 Å². The van der Waals surface area contributed by atoms with Gasteiger partial charge in [0.15, 0.2) is 0 Å². The monoisotopic (exact) mass is 286 g/mol. The number of hydrogen-bond donors (Lipinski definition) is 1. The van der Waals surface area contributed by atoms with Crippen molar-refractivity contribution in [3.05, 3.63) is 52.7 Å². The summed E-state index contributed by atoms with van der Waals surface area (Å²) in [4.78, 5) is 4.29. The first kappa shape index (κ1) is 15.3. The molecule has 1 aromatic heterocycles. The van der Waals surface area contributed by atoms with Gasteiger partial charge in [0.1, 0.15) is 5.75 Å². The van der Waals surface area contributed by atoms with E-state index in [1.807, 2.05) is 19.2 Å². The van der Waals surface area contributed by atoms with E-state index in [1.54, 1.807) is 20.4 Å². The number of aromatic nitrogens is 1. The third-order valence-corrected chi connectivity index (χ3v) is 3.69. The fourth-order valence-electron chi connectivity index (χ4n) is 2.61. The topological polar surface area (TPSA) is 43.4 Å². The summed E-state index contributed by atoms with van der Waals surface area (Å²) in [5.41, 5.74) is 4.50. The Balaban J connectivity index is 2.54. The first-order chi connectivity index (χ1) is 10.1. The van der Waals surface area contributed by atoms with Crippen molar-refractivity contribution in [3.8, 4) is 11.6 Å². The summed E-state index contributed by atoms with van der Waals surface area (Å²) in [7, 11) is 5.28. The van der Waals surface area contributed by atoms with E-state index in [2.05, 4.69) is 36.3 Å². The van der Waals surface area contributed by atoms with E-state index in [4.69, 9.17) is 9.47 Å². The number of benzene rings is 1. The van der Waals surface area contributed by atoms with Crippen molar-refractivity contribution in [2.75, 3.05) is 21.3 Å². The molecule has 0 amide bonds. The standard InChI is InChI=1S/C17H22N2O2/c1-11-10-15(20-4)12(2)9-14(11)16(18-3)13-7-6-8-19-17(13)21-5/h6-10,16,18H,1-5H3. The maximum atomic E-state index is 5.39. The average molecular weight is 286 g/mol. The molecule has 0 fully saturated rings. The molecule has 2 rings (SSSR count). The molecule has 1 atom stereocenters. The van der Waals surface area contributed by atoms with Gasteiger partial charge in [0.05, 0.1) is 20.3 Å². The minimum Gasteiger partial charge on any atom is -0.496 e. The zero-order valence-electron chi connectivity index (χ0n) is 13.2. The summed E-state index contributed by atoms with van der Waals surface area (Å²) in [5, 5.41) is 3.35. The van der Waals surface area contributed by atoms with Gasteiger partial charge in [-0.25, -0.2) is 4.98 Å². The van der Waals surface area contributed by atoms with Crippen LogP contribution in [0.15, 0.2) is 30.5 Å². The summed E-state index contributed by atoms with van der Waals surface area (Å²) >= 11 is 0. The minimum absolute atomic E-state index is 0.0262. The number of nitrogens with zero attached hydrogens (tertiary/aromatic N) is 1. The normalized spacial score (nSPS) is 12.0. The van der Waals surface area contributed by atoms with Crippen LogP contribution in [0.25, 0.3) is 0 Å². The predicted octanol–water partition coefficient (Wildman–Crippen LogP) is 3.02. The molecule has 1 N–H and O–H groups in total. The van der Waals surface area contributed by atoms with Crippen LogP contribution < -0.4 is 14.8 Å². The number of rotatable bonds is 5. The lowest BCUT2D eigenvalue weighted by Crippen LogP contribution is -2.20. The van der Waals surface area contributed by atoms with Crippen LogP contribution in [0.5, 0.6) is 11.6 Å². The number of nitrogens with one attached hydrogen (secondary N) is 1. The molecule has 0 aliphatic carbocycles. The van der Waals surface area contributed by atoms with Crippen LogP contribution in [-0.2, 0) is 0 Å². The molecule has 112 valence electrons. The van der Waals surface area contributed by atoms with E-state index < -0.39 is 0 Å². The number of aryl methyl sites for hydroxylation is 2.